The molecule has 0 saturated heterocycles. The number of anilines is 1. The van der Waals surface area contributed by atoms with E-state index in [-0.39, 0.29) is 5.41 Å². The summed E-state index contributed by atoms with van der Waals surface area (Å²) < 4.78 is 5.17. The van der Waals surface area contributed by atoms with Crippen LogP contribution < -0.4 is 10.1 Å². The summed E-state index contributed by atoms with van der Waals surface area (Å²) >= 11 is 1.62. The standard InChI is InChI=1S/C16H21N3OS/c1-16(2,3)15-18-13(17-4)10-14(19-15)21-12-8-6-11(20-5)7-9-12/h6-10H,1-5H3,(H,17,18,19). The number of nitrogens with zero attached hydrogens (tertiary/aromatic N) is 2. The lowest BCUT2D eigenvalue weighted by atomic mass is 9.96. The van der Waals surface area contributed by atoms with Crippen molar-refractivity contribution < 1.29 is 4.74 Å². The Morgan fingerprint density at radius 2 is 1.76 bits per heavy atom. The van der Waals surface area contributed by atoms with Crippen molar-refractivity contribution in [2.24, 2.45) is 0 Å². The summed E-state index contributed by atoms with van der Waals surface area (Å²) in [4.78, 5) is 10.3. The molecule has 0 aliphatic rings. The van der Waals surface area contributed by atoms with E-state index in [0.29, 0.717) is 0 Å². The van der Waals surface area contributed by atoms with Crippen molar-refractivity contribution in [3.8, 4) is 5.75 Å². The fraction of sp³-hybridized carbons (Fsp3) is 0.375. The van der Waals surface area contributed by atoms with E-state index in [0.717, 1.165) is 27.3 Å². The van der Waals surface area contributed by atoms with Gasteiger partial charge in [0.05, 0.1) is 7.11 Å². The zero-order valence-electron chi connectivity index (χ0n) is 13.1. The molecule has 1 aromatic carbocycles. The molecule has 1 heterocycles. The van der Waals surface area contributed by atoms with Crippen molar-refractivity contribution in [1.29, 1.82) is 0 Å². The normalized spacial score (nSPS) is 11.3. The van der Waals surface area contributed by atoms with Gasteiger partial charge in [0.2, 0.25) is 0 Å². The second-order valence-corrected chi connectivity index (χ2v) is 6.79. The molecule has 0 saturated carbocycles. The molecule has 112 valence electrons. The number of aromatic nitrogens is 2. The molecular formula is C16H21N3OS. The van der Waals surface area contributed by atoms with Crippen LogP contribution in [0, 0.1) is 0 Å². The fourth-order valence-electron chi connectivity index (χ4n) is 1.71. The van der Waals surface area contributed by atoms with Gasteiger partial charge in [0, 0.05) is 23.4 Å². The molecule has 0 atom stereocenters. The molecule has 0 aliphatic carbocycles. The van der Waals surface area contributed by atoms with Crippen molar-refractivity contribution in [3.05, 3.63) is 36.2 Å². The first-order valence-corrected chi connectivity index (χ1v) is 7.63. The SMILES string of the molecule is CNc1cc(Sc2ccc(OC)cc2)nc(C(C)(C)C)n1. The number of hydrogen-bond acceptors (Lipinski definition) is 5. The number of nitrogens with one attached hydrogen (secondary N) is 1. The summed E-state index contributed by atoms with van der Waals surface area (Å²) in [6, 6.07) is 9.92. The average molecular weight is 303 g/mol. The predicted octanol–water partition coefficient (Wildman–Crippen LogP) is 3.98. The molecule has 0 aliphatic heterocycles. The Balaban J connectivity index is 2.29. The molecule has 0 radical (unpaired) electrons. The number of benzene rings is 1. The number of methoxy groups -OCH3 is 1. The summed E-state index contributed by atoms with van der Waals surface area (Å²) in [6.45, 7) is 6.34. The smallest absolute Gasteiger partial charge is 0.137 e. The first-order valence-electron chi connectivity index (χ1n) is 6.81. The fourth-order valence-corrected chi connectivity index (χ4v) is 2.52. The van der Waals surface area contributed by atoms with Gasteiger partial charge in [0.15, 0.2) is 0 Å². The van der Waals surface area contributed by atoms with E-state index >= 15 is 0 Å². The maximum absolute atomic E-state index is 5.17. The van der Waals surface area contributed by atoms with E-state index in [1.165, 1.54) is 0 Å². The minimum atomic E-state index is -0.0813. The largest absolute Gasteiger partial charge is 0.497 e. The molecule has 5 heteroatoms. The Bertz CT molecular complexity index is 606. The Morgan fingerprint density at radius 3 is 2.29 bits per heavy atom. The van der Waals surface area contributed by atoms with Crippen LogP contribution in [0.3, 0.4) is 0 Å². The lowest BCUT2D eigenvalue weighted by Gasteiger charge is -2.18. The molecule has 1 N–H and O–H groups in total. The van der Waals surface area contributed by atoms with E-state index in [2.05, 4.69) is 36.1 Å². The maximum Gasteiger partial charge on any atom is 0.137 e. The van der Waals surface area contributed by atoms with E-state index in [4.69, 9.17) is 4.74 Å². The van der Waals surface area contributed by atoms with Gasteiger partial charge in [0.1, 0.15) is 22.4 Å². The van der Waals surface area contributed by atoms with Gasteiger partial charge in [-0.3, -0.25) is 0 Å². The van der Waals surface area contributed by atoms with Gasteiger partial charge in [-0.2, -0.15) is 0 Å². The highest BCUT2D eigenvalue weighted by Gasteiger charge is 2.19. The van der Waals surface area contributed by atoms with Crippen LogP contribution in [-0.2, 0) is 5.41 Å². The predicted molar refractivity (Wildman–Crippen MR) is 87.4 cm³/mol. The minimum absolute atomic E-state index is 0.0813. The summed E-state index contributed by atoms with van der Waals surface area (Å²) in [5.41, 5.74) is -0.0813. The van der Waals surface area contributed by atoms with Crippen LogP contribution in [0.25, 0.3) is 0 Å². The molecule has 0 fully saturated rings. The van der Waals surface area contributed by atoms with Gasteiger partial charge < -0.3 is 10.1 Å². The highest BCUT2D eigenvalue weighted by Crippen LogP contribution is 2.30. The second-order valence-electron chi connectivity index (χ2n) is 5.69. The van der Waals surface area contributed by atoms with Crippen LogP contribution in [0.1, 0.15) is 26.6 Å². The Hall–Kier alpha value is -1.75. The second kappa shape index (κ2) is 6.35. The summed E-state index contributed by atoms with van der Waals surface area (Å²) in [6.07, 6.45) is 0. The van der Waals surface area contributed by atoms with Gasteiger partial charge in [-0.25, -0.2) is 9.97 Å². The Morgan fingerprint density at radius 1 is 1.10 bits per heavy atom. The molecular weight excluding hydrogens is 282 g/mol. The first kappa shape index (κ1) is 15.6. The molecule has 1 aromatic heterocycles. The minimum Gasteiger partial charge on any atom is -0.497 e. The highest BCUT2D eigenvalue weighted by atomic mass is 32.2. The van der Waals surface area contributed by atoms with Crippen molar-refractivity contribution in [3.63, 3.8) is 0 Å². The first-order chi connectivity index (χ1) is 9.92. The quantitative estimate of drug-likeness (QED) is 0.866. The van der Waals surface area contributed by atoms with Crippen molar-refractivity contribution in [2.45, 2.75) is 36.1 Å². The van der Waals surface area contributed by atoms with E-state index < -0.39 is 0 Å². The van der Waals surface area contributed by atoms with Gasteiger partial charge in [0.25, 0.3) is 0 Å². The van der Waals surface area contributed by atoms with Gasteiger partial charge >= 0.3 is 0 Å². The third kappa shape index (κ3) is 4.11. The van der Waals surface area contributed by atoms with Crippen LogP contribution in [0.2, 0.25) is 0 Å². The zero-order chi connectivity index (χ0) is 15.5. The molecule has 2 rings (SSSR count). The lowest BCUT2D eigenvalue weighted by Crippen LogP contribution is -2.17. The van der Waals surface area contributed by atoms with Gasteiger partial charge in [-0.1, -0.05) is 32.5 Å². The molecule has 4 nitrogen and oxygen atoms in total. The Kier molecular flexibility index (Phi) is 4.73. The summed E-state index contributed by atoms with van der Waals surface area (Å²) in [7, 11) is 3.54. The number of hydrogen-bond donors (Lipinski definition) is 1. The van der Waals surface area contributed by atoms with Crippen LogP contribution in [0.5, 0.6) is 5.75 Å². The van der Waals surface area contributed by atoms with Gasteiger partial charge in [-0.05, 0) is 24.3 Å². The third-order valence-corrected chi connectivity index (χ3v) is 3.84. The van der Waals surface area contributed by atoms with E-state index in [9.17, 15) is 0 Å². The van der Waals surface area contributed by atoms with Crippen molar-refractivity contribution >= 4 is 17.6 Å². The highest BCUT2D eigenvalue weighted by molar-refractivity contribution is 7.99. The van der Waals surface area contributed by atoms with Crippen molar-refractivity contribution in [1.82, 2.24) is 9.97 Å². The number of ether oxygens (including phenoxy) is 1. The van der Waals surface area contributed by atoms with Crippen LogP contribution in [-0.4, -0.2) is 24.1 Å². The zero-order valence-corrected chi connectivity index (χ0v) is 13.9. The molecule has 0 unspecified atom stereocenters. The average Bonchev–Trinajstić information content (AvgIpc) is 2.46. The summed E-state index contributed by atoms with van der Waals surface area (Å²) in [5.74, 6) is 2.53. The Labute approximate surface area is 130 Å². The molecule has 0 bridgehead atoms. The molecule has 0 spiro atoms. The summed E-state index contributed by atoms with van der Waals surface area (Å²) in [5, 5.41) is 4.03. The molecule has 21 heavy (non-hydrogen) atoms. The maximum atomic E-state index is 5.17. The third-order valence-electron chi connectivity index (χ3n) is 2.91. The van der Waals surface area contributed by atoms with E-state index in [1.54, 1.807) is 18.9 Å². The molecule has 2 aromatic rings. The number of rotatable bonds is 4. The lowest BCUT2D eigenvalue weighted by molar-refractivity contribution is 0.414. The van der Waals surface area contributed by atoms with Crippen LogP contribution in [0.4, 0.5) is 5.82 Å². The topological polar surface area (TPSA) is 47.0 Å². The van der Waals surface area contributed by atoms with Gasteiger partial charge in [-0.15, -0.1) is 0 Å². The molecule has 0 amide bonds. The van der Waals surface area contributed by atoms with Crippen LogP contribution in [0.15, 0.2) is 40.3 Å². The van der Waals surface area contributed by atoms with Crippen molar-refractivity contribution in [2.75, 3.05) is 19.5 Å². The van der Waals surface area contributed by atoms with E-state index in [1.807, 2.05) is 37.4 Å². The monoisotopic (exact) mass is 303 g/mol. The van der Waals surface area contributed by atoms with Crippen LogP contribution >= 0.6 is 11.8 Å².